The van der Waals surface area contributed by atoms with E-state index >= 15 is 0 Å². The lowest BCUT2D eigenvalue weighted by atomic mass is 9.83. The van der Waals surface area contributed by atoms with Crippen LogP contribution < -0.4 is 20.1 Å². The predicted molar refractivity (Wildman–Crippen MR) is 145 cm³/mol. The van der Waals surface area contributed by atoms with Gasteiger partial charge >= 0.3 is 0 Å². The van der Waals surface area contributed by atoms with Gasteiger partial charge in [-0.1, -0.05) is 44.0 Å². The van der Waals surface area contributed by atoms with Crippen LogP contribution in [0.4, 0.5) is 5.69 Å². The third-order valence-electron chi connectivity index (χ3n) is 6.75. The number of methoxy groups -OCH3 is 2. The topological polar surface area (TPSA) is 82.6 Å². The van der Waals surface area contributed by atoms with Crippen molar-refractivity contribution >= 4 is 22.6 Å². The average molecular weight is 487 g/mol. The van der Waals surface area contributed by atoms with Gasteiger partial charge in [-0.3, -0.25) is 4.79 Å². The van der Waals surface area contributed by atoms with Crippen molar-refractivity contribution in [3.05, 3.63) is 72.3 Å². The number of benzene rings is 3. The molecule has 0 saturated heterocycles. The van der Waals surface area contributed by atoms with Crippen molar-refractivity contribution in [2.45, 2.75) is 31.7 Å². The average Bonchev–Trinajstić information content (AvgIpc) is 3.28. The van der Waals surface area contributed by atoms with Gasteiger partial charge in [-0.25, -0.2) is 4.98 Å². The summed E-state index contributed by atoms with van der Waals surface area (Å²) in [7, 11) is 7.21. The zero-order valence-corrected chi connectivity index (χ0v) is 21.6. The van der Waals surface area contributed by atoms with Crippen LogP contribution in [0, 0.1) is 0 Å². The van der Waals surface area contributed by atoms with Crippen molar-refractivity contribution < 1.29 is 14.3 Å². The summed E-state index contributed by atoms with van der Waals surface area (Å²) in [6.45, 7) is 2.11. The molecule has 188 valence electrons. The molecule has 36 heavy (non-hydrogen) atoms. The highest BCUT2D eigenvalue weighted by atomic mass is 16.5. The van der Waals surface area contributed by atoms with Crippen LogP contribution in [0.3, 0.4) is 0 Å². The lowest BCUT2D eigenvalue weighted by Gasteiger charge is -2.35. The van der Waals surface area contributed by atoms with Crippen LogP contribution in [0.2, 0.25) is 0 Å². The van der Waals surface area contributed by atoms with Crippen molar-refractivity contribution in [1.29, 1.82) is 0 Å². The number of ether oxygens (including phenoxy) is 2. The molecular formula is C29H34N4O3. The van der Waals surface area contributed by atoms with E-state index in [1.807, 2.05) is 90.3 Å². The Kier molecular flexibility index (Phi) is 7.20. The molecule has 1 heterocycles. The van der Waals surface area contributed by atoms with Crippen LogP contribution in [0.25, 0.3) is 22.4 Å². The van der Waals surface area contributed by atoms with Crippen LogP contribution in [0.1, 0.15) is 31.7 Å². The minimum absolute atomic E-state index is 0.426. The molecule has 1 atom stereocenters. The fraction of sp³-hybridized carbons (Fsp3) is 0.310. The first-order valence-electron chi connectivity index (χ1n) is 12.2. The number of unbranched alkanes of at least 4 members (excludes halogenated alkanes) is 1. The van der Waals surface area contributed by atoms with E-state index in [9.17, 15) is 4.79 Å². The highest BCUT2D eigenvalue weighted by Gasteiger charge is 2.43. The molecule has 1 aromatic heterocycles. The molecule has 0 spiro atoms. The number of nitrogens with two attached hydrogens (primary N) is 1. The fourth-order valence-corrected chi connectivity index (χ4v) is 4.81. The monoisotopic (exact) mass is 486 g/mol. The SMILES string of the molecule is CCCCC(C(N)=O)(c1ccc(N(C)C)cc1)n1c(-c2ccc(OC)cc2OC)nc2ccccc21. The molecule has 2 N–H and O–H groups in total. The second-order valence-corrected chi connectivity index (χ2v) is 9.10. The molecule has 0 saturated carbocycles. The van der Waals surface area contributed by atoms with Crippen LogP contribution >= 0.6 is 0 Å². The molecule has 1 amide bonds. The van der Waals surface area contributed by atoms with E-state index in [2.05, 4.69) is 6.92 Å². The van der Waals surface area contributed by atoms with Gasteiger partial charge in [0.25, 0.3) is 0 Å². The molecule has 0 bridgehead atoms. The lowest BCUT2D eigenvalue weighted by Crippen LogP contribution is -2.47. The Labute approximate surface area is 212 Å². The number of fused-ring (bicyclic) bond motifs is 1. The van der Waals surface area contributed by atoms with Crippen molar-refractivity contribution in [3.63, 3.8) is 0 Å². The maximum Gasteiger partial charge on any atom is 0.248 e. The molecule has 1 unspecified atom stereocenters. The van der Waals surface area contributed by atoms with E-state index < -0.39 is 11.4 Å². The zero-order chi connectivity index (χ0) is 25.9. The van der Waals surface area contributed by atoms with E-state index in [4.69, 9.17) is 20.2 Å². The standard InChI is InChI=1S/C29H34N4O3/c1-6-7-18-29(28(30)34,20-12-14-21(15-13-20)32(2)3)33-25-11-9-8-10-24(25)31-27(33)23-17-16-22(35-4)19-26(23)36-5/h8-17,19H,6-7,18H2,1-5H3,(H2,30,34). The summed E-state index contributed by atoms with van der Waals surface area (Å²) in [6.07, 6.45) is 2.26. The van der Waals surface area contributed by atoms with Crippen molar-refractivity contribution in [2.75, 3.05) is 33.2 Å². The molecule has 0 aliphatic carbocycles. The summed E-state index contributed by atoms with van der Waals surface area (Å²) in [5.41, 5.74) is 9.41. The van der Waals surface area contributed by atoms with E-state index in [0.717, 1.165) is 40.7 Å². The van der Waals surface area contributed by atoms with E-state index in [0.29, 0.717) is 23.7 Å². The number of para-hydroxylation sites is 2. The third kappa shape index (κ3) is 4.26. The normalized spacial score (nSPS) is 12.8. The summed E-state index contributed by atoms with van der Waals surface area (Å²) in [5.74, 6) is 1.46. The molecule has 7 heteroatoms. The number of aromatic nitrogens is 2. The second-order valence-electron chi connectivity index (χ2n) is 9.10. The van der Waals surface area contributed by atoms with Gasteiger partial charge in [0.15, 0.2) is 0 Å². The molecule has 3 aromatic carbocycles. The first-order valence-corrected chi connectivity index (χ1v) is 12.2. The quantitative estimate of drug-likeness (QED) is 0.333. The Morgan fingerprint density at radius 3 is 2.36 bits per heavy atom. The van der Waals surface area contributed by atoms with Crippen molar-refractivity contribution in [1.82, 2.24) is 9.55 Å². The molecule has 0 aliphatic heterocycles. The first-order chi connectivity index (χ1) is 17.4. The largest absolute Gasteiger partial charge is 0.497 e. The summed E-state index contributed by atoms with van der Waals surface area (Å²) in [5, 5.41) is 0. The van der Waals surface area contributed by atoms with Crippen LogP contribution in [-0.2, 0) is 10.3 Å². The number of amides is 1. The van der Waals surface area contributed by atoms with E-state index in [1.54, 1.807) is 14.2 Å². The summed E-state index contributed by atoms with van der Waals surface area (Å²) in [4.78, 5) is 20.7. The van der Waals surface area contributed by atoms with Gasteiger partial charge in [-0.15, -0.1) is 0 Å². The van der Waals surface area contributed by atoms with Crippen molar-refractivity contribution in [3.8, 4) is 22.9 Å². The number of hydrogen-bond acceptors (Lipinski definition) is 5. The number of hydrogen-bond donors (Lipinski definition) is 1. The Balaban J connectivity index is 2.09. The molecule has 7 nitrogen and oxygen atoms in total. The smallest absolute Gasteiger partial charge is 0.248 e. The Hall–Kier alpha value is -4.00. The molecule has 0 radical (unpaired) electrons. The maximum absolute atomic E-state index is 13.6. The second kappa shape index (κ2) is 10.3. The zero-order valence-electron chi connectivity index (χ0n) is 21.6. The van der Waals surface area contributed by atoms with Crippen LogP contribution in [-0.4, -0.2) is 43.8 Å². The summed E-state index contributed by atoms with van der Waals surface area (Å²) in [6, 6.07) is 21.5. The van der Waals surface area contributed by atoms with Gasteiger partial charge in [-0.2, -0.15) is 0 Å². The van der Waals surface area contributed by atoms with E-state index in [1.165, 1.54) is 0 Å². The lowest BCUT2D eigenvalue weighted by molar-refractivity contribution is -0.124. The number of nitrogens with zero attached hydrogens (tertiary/aromatic N) is 3. The van der Waals surface area contributed by atoms with Gasteiger partial charge in [-0.05, 0) is 48.4 Å². The van der Waals surface area contributed by atoms with Gasteiger partial charge < -0.3 is 24.7 Å². The van der Waals surface area contributed by atoms with Crippen LogP contribution in [0.15, 0.2) is 66.7 Å². The highest BCUT2D eigenvalue weighted by molar-refractivity contribution is 5.92. The first kappa shape index (κ1) is 25.1. The number of carbonyl (C=O) groups is 1. The van der Waals surface area contributed by atoms with Gasteiger partial charge in [0, 0.05) is 25.8 Å². The van der Waals surface area contributed by atoms with E-state index in [-0.39, 0.29) is 0 Å². The summed E-state index contributed by atoms with van der Waals surface area (Å²) < 4.78 is 13.2. The predicted octanol–water partition coefficient (Wildman–Crippen LogP) is 5.21. The fourth-order valence-electron chi connectivity index (χ4n) is 4.81. The Morgan fingerprint density at radius 2 is 1.75 bits per heavy atom. The molecule has 0 aliphatic rings. The third-order valence-corrected chi connectivity index (χ3v) is 6.75. The summed E-state index contributed by atoms with van der Waals surface area (Å²) >= 11 is 0. The Bertz CT molecular complexity index is 1360. The van der Waals surface area contributed by atoms with Gasteiger partial charge in [0.05, 0.1) is 30.8 Å². The minimum atomic E-state index is -1.16. The highest BCUT2D eigenvalue weighted by Crippen LogP contribution is 2.42. The van der Waals surface area contributed by atoms with Gasteiger partial charge in [0.2, 0.25) is 5.91 Å². The molecule has 0 fully saturated rings. The number of primary amides is 1. The van der Waals surface area contributed by atoms with Crippen molar-refractivity contribution in [2.24, 2.45) is 5.73 Å². The number of anilines is 1. The number of rotatable bonds is 10. The number of carbonyl (C=O) groups excluding carboxylic acids is 1. The van der Waals surface area contributed by atoms with Crippen LogP contribution in [0.5, 0.6) is 11.5 Å². The molecule has 4 aromatic rings. The maximum atomic E-state index is 13.6. The molecular weight excluding hydrogens is 452 g/mol. The molecule has 4 rings (SSSR count). The number of imidazole rings is 1. The van der Waals surface area contributed by atoms with Gasteiger partial charge in [0.1, 0.15) is 22.9 Å². The Morgan fingerprint density at radius 1 is 1.03 bits per heavy atom. The minimum Gasteiger partial charge on any atom is -0.497 e.